The molecule has 2 heterocycles. The van der Waals surface area contributed by atoms with E-state index in [1.807, 2.05) is 19.9 Å². The van der Waals surface area contributed by atoms with Crippen LogP contribution in [0, 0.1) is 13.8 Å². The van der Waals surface area contributed by atoms with Gasteiger partial charge >= 0.3 is 0 Å². The molecule has 1 fully saturated rings. The number of oxime groups is 1. The van der Waals surface area contributed by atoms with Crippen molar-refractivity contribution in [3.05, 3.63) is 23.0 Å². The number of aromatic nitrogens is 1. The fourth-order valence-electron chi connectivity index (χ4n) is 2.53. The number of pyridine rings is 1. The molecule has 104 valence electrons. The first-order chi connectivity index (χ1) is 9.02. The van der Waals surface area contributed by atoms with E-state index in [9.17, 15) is 5.11 Å². The van der Waals surface area contributed by atoms with Gasteiger partial charge < -0.3 is 20.9 Å². The zero-order valence-electron chi connectivity index (χ0n) is 11.3. The lowest BCUT2D eigenvalue weighted by Crippen LogP contribution is -2.37. The Hall–Kier alpha value is -1.82. The van der Waals surface area contributed by atoms with Crippen LogP contribution in [-0.2, 0) is 0 Å². The summed E-state index contributed by atoms with van der Waals surface area (Å²) in [6.45, 7) is 5.29. The minimum absolute atomic E-state index is 0.0751. The highest BCUT2D eigenvalue weighted by Crippen LogP contribution is 2.26. The van der Waals surface area contributed by atoms with E-state index in [-0.39, 0.29) is 11.9 Å². The largest absolute Gasteiger partial charge is 0.409 e. The topological polar surface area (TPSA) is 95.0 Å². The SMILES string of the molecule is Cc1cc(N2CCC(O)CC2)c(/C(N)=N/O)c(C)n1. The molecule has 0 radical (unpaired) electrons. The number of piperidine rings is 1. The summed E-state index contributed by atoms with van der Waals surface area (Å²) in [7, 11) is 0. The molecule has 6 heteroatoms. The minimum Gasteiger partial charge on any atom is -0.409 e. The van der Waals surface area contributed by atoms with Crippen molar-refractivity contribution in [1.29, 1.82) is 0 Å². The van der Waals surface area contributed by atoms with Crippen molar-refractivity contribution in [2.45, 2.75) is 32.8 Å². The number of anilines is 1. The third kappa shape index (κ3) is 2.78. The van der Waals surface area contributed by atoms with E-state index in [1.54, 1.807) is 0 Å². The van der Waals surface area contributed by atoms with Gasteiger partial charge in [0, 0.05) is 18.8 Å². The Morgan fingerprint density at radius 1 is 1.42 bits per heavy atom. The molecule has 1 aliphatic rings. The lowest BCUT2D eigenvalue weighted by Gasteiger charge is -2.33. The molecule has 19 heavy (non-hydrogen) atoms. The third-order valence-corrected chi connectivity index (χ3v) is 3.48. The molecule has 0 amide bonds. The average molecular weight is 264 g/mol. The van der Waals surface area contributed by atoms with Crippen LogP contribution in [0.1, 0.15) is 29.8 Å². The summed E-state index contributed by atoms with van der Waals surface area (Å²) in [5.41, 5.74) is 9.00. The first kappa shape index (κ1) is 13.6. The maximum absolute atomic E-state index is 9.58. The molecule has 0 spiro atoms. The summed E-state index contributed by atoms with van der Waals surface area (Å²) in [5, 5.41) is 21.6. The third-order valence-electron chi connectivity index (χ3n) is 3.48. The van der Waals surface area contributed by atoms with Crippen LogP contribution in [-0.4, -0.2) is 40.3 Å². The number of nitrogens with two attached hydrogens (primary N) is 1. The quantitative estimate of drug-likeness (QED) is 0.317. The van der Waals surface area contributed by atoms with Gasteiger partial charge in [-0.05, 0) is 32.8 Å². The molecule has 1 aliphatic heterocycles. The van der Waals surface area contributed by atoms with Crippen LogP contribution in [0.4, 0.5) is 5.69 Å². The van der Waals surface area contributed by atoms with Gasteiger partial charge in [0.1, 0.15) is 0 Å². The van der Waals surface area contributed by atoms with Crippen LogP contribution in [0.15, 0.2) is 11.2 Å². The molecule has 1 aromatic rings. The van der Waals surface area contributed by atoms with E-state index >= 15 is 0 Å². The number of hydrogen-bond acceptors (Lipinski definition) is 5. The van der Waals surface area contributed by atoms with E-state index in [2.05, 4.69) is 15.0 Å². The standard InChI is InChI=1S/C13H20N4O2/c1-8-7-11(17-5-3-10(18)4-6-17)12(9(2)15-8)13(14)16-19/h7,10,18-19H,3-6H2,1-2H3,(H2,14,16). The van der Waals surface area contributed by atoms with Gasteiger partial charge in [0.05, 0.1) is 23.0 Å². The van der Waals surface area contributed by atoms with Crippen molar-refractivity contribution in [2.24, 2.45) is 10.9 Å². The summed E-state index contributed by atoms with van der Waals surface area (Å²) < 4.78 is 0. The first-order valence-electron chi connectivity index (χ1n) is 6.42. The molecule has 4 N–H and O–H groups in total. The van der Waals surface area contributed by atoms with Gasteiger partial charge in [-0.1, -0.05) is 5.16 Å². The summed E-state index contributed by atoms with van der Waals surface area (Å²) in [6.07, 6.45) is 1.24. The fourth-order valence-corrected chi connectivity index (χ4v) is 2.53. The van der Waals surface area contributed by atoms with Crippen molar-refractivity contribution >= 4 is 11.5 Å². The number of hydrogen-bond donors (Lipinski definition) is 3. The van der Waals surface area contributed by atoms with Gasteiger partial charge in [0.15, 0.2) is 5.84 Å². The van der Waals surface area contributed by atoms with Crippen molar-refractivity contribution in [1.82, 2.24) is 4.98 Å². The Morgan fingerprint density at radius 2 is 2.05 bits per heavy atom. The second-order valence-corrected chi connectivity index (χ2v) is 4.95. The van der Waals surface area contributed by atoms with Crippen LogP contribution in [0.5, 0.6) is 0 Å². The number of aliphatic hydroxyl groups excluding tert-OH is 1. The Labute approximate surface area is 112 Å². The van der Waals surface area contributed by atoms with Crippen molar-refractivity contribution in [2.75, 3.05) is 18.0 Å². The Bertz CT molecular complexity index is 494. The van der Waals surface area contributed by atoms with Gasteiger partial charge in [-0.25, -0.2) is 0 Å². The second-order valence-electron chi connectivity index (χ2n) is 4.95. The zero-order chi connectivity index (χ0) is 14.0. The minimum atomic E-state index is -0.229. The summed E-state index contributed by atoms with van der Waals surface area (Å²) in [4.78, 5) is 6.52. The van der Waals surface area contributed by atoms with Gasteiger partial charge in [-0.2, -0.15) is 0 Å². The number of aliphatic hydroxyl groups is 1. The van der Waals surface area contributed by atoms with Crippen LogP contribution in [0.25, 0.3) is 0 Å². The molecule has 1 aromatic heterocycles. The fraction of sp³-hybridized carbons (Fsp3) is 0.538. The highest BCUT2D eigenvalue weighted by Gasteiger charge is 2.22. The maximum atomic E-state index is 9.58. The van der Waals surface area contributed by atoms with Crippen molar-refractivity contribution < 1.29 is 10.3 Å². The summed E-state index contributed by atoms with van der Waals surface area (Å²) >= 11 is 0. The van der Waals surface area contributed by atoms with Gasteiger partial charge in [-0.15, -0.1) is 0 Å². The highest BCUT2D eigenvalue weighted by molar-refractivity contribution is 6.03. The summed E-state index contributed by atoms with van der Waals surface area (Å²) in [5.74, 6) is 0.0751. The molecule has 0 saturated carbocycles. The van der Waals surface area contributed by atoms with E-state index < -0.39 is 0 Å². The van der Waals surface area contributed by atoms with Crippen molar-refractivity contribution in [3.8, 4) is 0 Å². The molecule has 0 aromatic carbocycles. The number of amidine groups is 1. The van der Waals surface area contributed by atoms with Crippen LogP contribution in [0.3, 0.4) is 0 Å². The molecule has 0 bridgehead atoms. The predicted molar refractivity (Wildman–Crippen MR) is 73.7 cm³/mol. The van der Waals surface area contributed by atoms with Gasteiger partial charge in [0.2, 0.25) is 0 Å². The molecule has 2 rings (SSSR count). The maximum Gasteiger partial charge on any atom is 0.174 e. The molecular weight excluding hydrogens is 244 g/mol. The average Bonchev–Trinajstić information content (AvgIpc) is 2.38. The molecule has 0 atom stereocenters. The molecule has 0 unspecified atom stereocenters. The van der Waals surface area contributed by atoms with Crippen LogP contribution in [0.2, 0.25) is 0 Å². The molecule has 1 saturated heterocycles. The van der Waals surface area contributed by atoms with Gasteiger partial charge in [-0.3, -0.25) is 4.98 Å². The van der Waals surface area contributed by atoms with Crippen LogP contribution < -0.4 is 10.6 Å². The summed E-state index contributed by atoms with van der Waals surface area (Å²) in [6, 6.07) is 1.94. The van der Waals surface area contributed by atoms with Gasteiger partial charge in [0.25, 0.3) is 0 Å². The first-order valence-corrected chi connectivity index (χ1v) is 6.42. The number of aryl methyl sites for hydroxylation is 2. The Morgan fingerprint density at radius 3 is 2.63 bits per heavy atom. The lowest BCUT2D eigenvalue weighted by molar-refractivity contribution is 0.145. The predicted octanol–water partition coefficient (Wildman–Crippen LogP) is 0.754. The monoisotopic (exact) mass is 264 g/mol. The van der Waals surface area contributed by atoms with E-state index in [0.29, 0.717) is 5.56 Å². The smallest absolute Gasteiger partial charge is 0.174 e. The number of rotatable bonds is 2. The van der Waals surface area contributed by atoms with Crippen LogP contribution >= 0.6 is 0 Å². The number of nitrogens with zero attached hydrogens (tertiary/aromatic N) is 3. The van der Waals surface area contributed by atoms with Crippen molar-refractivity contribution in [3.63, 3.8) is 0 Å². The lowest BCUT2D eigenvalue weighted by atomic mass is 10.0. The normalized spacial score (nSPS) is 17.8. The second kappa shape index (κ2) is 5.44. The zero-order valence-corrected chi connectivity index (χ0v) is 11.3. The van der Waals surface area contributed by atoms with E-state index in [4.69, 9.17) is 10.9 Å². The Kier molecular flexibility index (Phi) is 3.90. The van der Waals surface area contributed by atoms with E-state index in [1.165, 1.54) is 0 Å². The molecule has 0 aliphatic carbocycles. The Balaban J connectivity index is 2.43. The molecular formula is C13H20N4O2. The molecule has 6 nitrogen and oxygen atoms in total. The van der Waals surface area contributed by atoms with E-state index in [0.717, 1.165) is 43.0 Å². The highest BCUT2D eigenvalue weighted by atomic mass is 16.4.